The van der Waals surface area contributed by atoms with Crippen LogP contribution in [0.4, 0.5) is 10.5 Å². The summed E-state index contributed by atoms with van der Waals surface area (Å²) >= 11 is 0. The van der Waals surface area contributed by atoms with Crippen molar-refractivity contribution in [3.63, 3.8) is 0 Å². The van der Waals surface area contributed by atoms with E-state index in [1.165, 1.54) is 7.05 Å². The van der Waals surface area contributed by atoms with Crippen molar-refractivity contribution >= 4 is 23.6 Å². The molecule has 2 aromatic rings. The van der Waals surface area contributed by atoms with Crippen molar-refractivity contribution < 1.29 is 19.1 Å². The number of nitrogens with one attached hydrogen (secondary N) is 1. The van der Waals surface area contributed by atoms with Crippen molar-refractivity contribution in [2.45, 2.75) is 0 Å². The van der Waals surface area contributed by atoms with E-state index >= 15 is 0 Å². The Balaban J connectivity index is 1.84. The summed E-state index contributed by atoms with van der Waals surface area (Å²) in [5, 5.41) is 2.50. The molecule has 1 N–H and O–H groups in total. The predicted octanol–water partition coefficient (Wildman–Crippen LogP) is 2.52. The number of carbonyl (C=O) groups excluding carboxylic acids is 3. The Morgan fingerprint density at radius 3 is 2.45 bits per heavy atom. The molecule has 22 heavy (non-hydrogen) atoms. The fraction of sp³-hybridized carbons (Fsp3) is 0.0625. The third-order valence-corrected chi connectivity index (χ3v) is 3.31. The maximum absolute atomic E-state index is 12.1. The van der Waals surface area contributed by atoms with Gasteiger partial charge in [-0.15, -0.1) is 0 Å². The van der Waals surface area contributed by atoms with E-state index in [1.54, 1.807) is 48.5 Å². The Bertz CT molecular complexity index is 771. The quantitative estimate of drug-likeness (QED) is 0.864. The van der Waals surface area contributed by atoms with Crippen molar-refractivity contribution in [3.05, 3.63) is 59.7 Å². The van der Waals surface area contributed by atoms with Gasteiger partial charge >= 0.3 is 6.09 Å². The minimum atomic E-state index is -0.727. The minimum absolute atomic E-state index is 0.181. The standard InChI is InChI=1S/C16H12N2O4/c1-18-14(19)11-8-5-9-12(13(11)15(18)20)17-16(21)22-10-6-3-2-4-7-10/h2-9H,1H3,(H,17,21). The van der Waals surface area contributed by atoms with Gasteiger partial charge in [0.25, 0.3) is 11.8 Å². The second-order valence-electron chi connectivity index (χ2n) is 4.73. The molecule has 0 aromatic heterocycles. The Morgan fingerprint density at radius 1 is 1.00 bits per heavy atom. The summed E-state index contributed by atoms with van der Waals surface area (Å²) in [6, 6.07) is 13.2. The van der Waals surface area contributed by atoms with Gasteiger partial charge in [-0.3, -0.25) is 19.8 Å². The number of para-hydroxylation sites is 1. The van der Waals surface area contributed by atoms with E-state index in [0.717, 1.165) is 4.90 Å². The molecular weight excluding hydrogens is 284 g/mol. The van der Waals surface area contributed by atoms with E-state index in [9.17, 15) is 14.4 Å². The van der Waals surface area contributed by atoms with Crippen LogP contribution in [0.3, 0.4) is 0 Å². The zero-order valence-electron chi connectivity index (χ0n) is 11.7. The van der Waals surface area contributed by atoms with Gasteiger partial charge in [0.05, 0.1) is 16.8 Å². The van der Waals surface area contributed by atoms with Crippen molar-refractivity contribution in [1.29, 1.82) is 0 Å². The fourth-order valence-corrected chi connectivity index (χ4v) is 2.24. The molecule has 0 spiro atoms. The molecular formula is C16H12N2O4. The molecule has 0 bridgehead atoms. The van der Waals surface area contributed by atoms with Crippen molar-refractivity contribution in [2.24, 2.45) is 0 Å². The first-order chi connectivity index (χ1) is 10.6. The van der Waals surface area contributed by atoms with E-state index in [1.807, 2.05) is 0 Å². The van der Waals surface area contributed by atoms with Gasteiger partial charge in [-0.05, 0) is 24.3 Å². The molecule has 2 aromatic carbocycles. The summed E-state index contributed by atoms with van der Waals surface area (Å²) in [6.45, 7) is 0. The number of carbonyl (C=O) groups is 3. The predicted molar refractivity (Wildman–Crippen MR) is 79.0 cm³/mol. The van der Waals surface area contributed by atoms with Gasteiger partial charge in [0, 0.05) is 7.05 Å². The SMILES string of the molecule is CN1C(=O)c2cccc(NC(=O)Oc3ccccc3)c2C1=O. The minimum Gasteiger partial charge on any atom is -0.410 e. The van der Waals surface area contributed by atoms with E-state index < -0.39 is 12.0 Å². The summed E-state index contributed by atoms with van der Waals surface area (Å²) in [7, 11) is 1.40. The molecule has 3 rings (SSSR count). The molecule has 0 unspecified atom stereocenters. The number of ether oxygens (including phenoxy) is 1. The van der Waals surface area contributed by atoms with Crippen LogP contribution in [0.5, 0.6) is 5.75 Å². The fourth-order valence-electron chi connectivity index (χ4n) is 2.24. The van der Waals surface area contributed by atoms with Gasteiger partial charge < -0.3 is 4.74 Å². The summed E-state index contributed by atoms with van der Waals surface area (Å²) in [4.78, 5) is 36.9. The van der Waals surface area contributed by atoms with Gasteiger partial charge in [-0.1, -0.05) is 24.3 Å². The van der Waals surface area contributed by atoms with Crippen LogP contribution in [-0.2, 0) is 0 Å². The molecule has 3 amide bonds. The van der Waals surface area contributed by atoms with E-state index in [0.29, 0.717) is 5.75 Å². The molecule has 1 heterocycles. The highest BCUT2D eigenvalue weighted by atomic mass is 16.6. The average Bonchev–Trinajstić information content (AvgIpc) is 2.74. The zero-order chi connectivity index (χ0) is 15.7. The van der Waals surface area contributed by atoms with Crippen LogP contribution in [0.2, 0.25) is 0 Å². The first-order valence-corrected chi connectivity index (χ1v) is 6.57. The first-order valence-electron chi connectivity index (χ1n) is 6.57. The lowest BCUT2D eigenvalue weighted by Gasteiger charge is -2.09. The van der Waals surface area contributed by atoms with Gasteiger partial charge in [0.2, 0.25) is 0 Å². The molecule has 0 saturated heterocycles. The molecule has 0 fully saturated rings. The number of fused-ring (bicyclic) bond motifs is 1. The van der Waals surface area contributed by atoms with E-state index in [-0.39, 0.29) is 22.7 Å². The Labute approximate surface area is 126 Å². The van der Waals surface area contributed by atoms with Crippen LogP contribution < -0.4 is 10.1 Å². The highest BCUT2D eigenvalue weighted by Gasteiger charge is 2.35. The average molecular weight is 296 g/mol. The molecule has 1 aliphatic heterocycles. The molecule has 6 heteroatoms. The van der Waals surface area contributed by atoms with E-state index in [2.05, 4.69) is 5.32 Å². The topological polar surface area (TPSA) is 75.7 Å². The molecule has 1 aliphatic rings. The van der Waals surface area contributed by atoms with Gasteiger partial charge in [-0.2, -0.15) is 0 Å². The van der Waals surface area contributed by atoms with Crippen LogP contribution in [0.1, 0.15) is 20.7 Å². The van der Waals surface area contributed by atoms with E-state index in [4.69, 9.17) is 4.74 Å². The van der Waals surface area contributed by atoms with Crippen LogP contribution in [0, 0.1) is 0 Å². The number of nitrogens with zero attached hydrogens (tertiary/aromatic N) is 1. The van der Waals surface area contributed by atoms with Crippen molar-refractivity contribution in [3.8, 4) is 5.75 Å². The second-order valence-corrected chi connectivity index (χ2v) is 4.73. The summed E-state index contributed by atoms with van der Waals surface area (Å²) < 4.78 is 5.11. The zero-order valence-corrected chi connectivity index (χ0v) is 11.7. The lowest BCUT2D eigenvalue weighted by molar-refractivity contribution is 0.0693. The van der Waals surface area contributed by atoms with Crippen LogP contribution in [0.25, 0.3) is 0 Å². The highest BCUT2D eigenvalue weighted by molar-refractivity contribution is 6.24. The van der Waals surface area contributed by atoms with Gasteiger partial charge in [0.1, 0.15) is 5.75 Å². The maximum atomic E-state index is 12.1. The summed E-state index contributed by atoms with van der Waals surface area (Å²) in [5.74, 6) is -0.456. The highest BCUT2D eigenvalue weighted by Crippen LogP contribution is 2.28. The number of benzene rings is 2. The molecule has 0 aliphatic carbocycles. The Hall–Kier alpha value is -3.15. The maximum Gasteiger partial charge on any atom is 0.417 e. The monoisotopic (exact) mass is 296 g/mol. The van der Waals surface area contributed by atoms with Crippen molar-refractivity contribution in [1.82, 2.24) is 4.90 Å². The number of imide groups is 1. The van der Waals surface area contributed by atoms with Crippen LogP contribution in [-0.4, -0.2) is 29.9 Å². The summed E-state index contributed by atoms with van der Waals surface area (Å²) in [5.41, 5.74) is 0.700. The van der Waals surface area contributed by atoms with Crippen LogP contribution in [0.15, 0.2) is 48.5 Å². The normalized spacial score (nSPS) is 13.0. The smallest absolute Gasteiger partial charge is 0.410 e. The lowest BCUT2D eigenvalue weighted by Crippen LogP contribution is -2.25. The third kappa shape index (κ3) is 2.31. The van der Waals surface area contributed by atoms with Gasteiger partial charge in [-0.25, -0.2) is 4.79 Å². The Kier molecular flexibility index (Phi) is 3.34. The lowest BCUT2D eigenvalue weighted by atomic mass is 10.1. The Morgan fingerprint density at radius 2 is 1.73 bits per heavy atom. The molecule has 0 saturated carbocycles. The number of amides is 3. The number of anilines is 1. The largest absolute Gasteiger partial charge is 0.417 e. The number of hydrogen-bond acceptors (Lipinski definition) is 4. The molecule has 110 valence electrons. The second kappa shape index (κ2) is 5.33. The molecule has 0 radical (unpaired) electrons. The van der Waals surface area contributed by atoms with Gasteiger partial charge in [0.15, 0.2) is 0 Å². The van der Waals surface area contributed by atoms with Crippen LogP contribution >= 0.6 is 0 Å². The number of rotatable bonds is 2. The molecule has 0 atom stereocenters. The number of hydrogen-bond donors (Lipinski definition) is 1. The summed E-state index contributed by atoms with van der Waals surface area (Å²) in [6.07, 6.45) is -0.727. The molecule has 6 nitrogen and oxygen atoms in total. The first kappa shape index (κ1) is 13.8. The third-order valence-electron chi connectivity index (χ3n) is 3.31. The van der Waals surface area contributed by atoms with Crippen molar-refractivity contribution in [2.75, 3.05) is 12.4 Å².